The number of hydrogen-bond donors (Lipinski definition) is 0. The number of carbonyl (C=O) groups excluding carboxylic acids is 2. The molecule has 2 aliphatic carbocycles. The molecule has 154 valence electrons. The summed E-state index contributed by atoms with van der Waals surface area (Å²) in [5.41, 5.74) is 1.79. The molecule has 0 bridgehead atoms. The van der Waals surface area contributed by atoms with Crippen LogP contribution in [0.15, 0.2) is 47.6 Å². The number of carbonyl (C=O) groups is 2. The first-order valence-corrected chi connectivity index (χ1v) is 9.72. The summed E-state index contributed by atoms with van der Waals surface area (Å²) in [7, 11) is 0. The molecule has 0 radical (unpaired) electrons. The predicted octanol–water partition coefficient (Wildman–Crippen LogP) is 5.21. The zero-order chi connectivity index (χ0) is 19.0. The van der Waals surface area contributed by atoms with Gasteiger partial charge in [0.1, 0.15) is 0 Å². The van der Waals surface area contributed by atoms with Crippen LogP contribution in [0, 0.1) is 0 Å². The monoisotopic (exact) mass is 418 g/mol. The molecule has 0 saturated heterocycles. The molecule has 1 saturated carbocycles. The first-order valence-electron chi connectivity index (χ1n) is 9.72. The van der Waals surface area contributed by atoms with Crippen LogP contribution in [0.2, 0.25) is 0 Å². The fraction of sp³-hybridized carbons (Fsp3) is 0.545. The van der Waals surface area contributed by atoms with Gasteiger partial charge >= 0.3 is 11.9 Å². The van der Waals surface area contributed by atoms with Crippen molar-refractivity contribution in [3.05, 3.63) is 47.6 Å². The second kappa shape index (κ2) is 16.6. The van der Waals surface area contributed by atoms with Crippen molar-refractivity contribution in [2.75, 3.05) is 13.2 Å². The van der Waals surface area contributed by atoms with Crippen molar-refractivity contribution in [1.82, 2.24) is 0 Å². The minimum Gasteiger partial charge on any atom is -0.463 e. The maximum absolute atomic E-state index is 11.4. The largest absolute Gasteiger partial charge is 0.463 e. The number of esters is 2. The van der Waals surface area contributed by atoms with E-state index in [0.717, 1.165) is 36.8 Å². The van der Waals surface area contributed by atoms with Crippen LogP contribution in [-0.2, 0) is 35.6 Å². The van der Waals surface area contributed by atoms with E-state index in [1.54, 1.807) is 13.8 Å². The van der Waals surface area contributed by atoms with Crippen molar-refractivity contribution in [2.45, 2.75) is 65.2 Å². The number of hydrogen-bond acceptors (Lipinski definition) is 4. The van der Waals surface area contributed by atoms with E-state index >= 15 is 0 Å². The minimum absolute atomic E-state index is 0. The Morgan fingerprint density at radius 3 is 1.41 bits per heavy atom. The Labute approximate surface area is 173 Å². The van der Waals surface area contributed by atoms with Gasteiger partial charge in [-0.25, -0.2) is 9.59 Å². The van der Waals surface area contributed by atoms with Crippen molar-refractivity contribution < 1.29 is 35.6 Å². The quantitative estimate of drug-likeness (QED) is 0.272. The molecule has 27 heavy (non-hydrogen) atoms. The normalized spacial score (nSPS) is 21.6. The van der Waals surface area contributed by atoms with Crippen LogP contribution >= 0.6 is 0 Å². The molecule has 0 aromatic rings. The molecule has 4 nitrogen and oxygen atoms in total. The summed E-state index contributed by atoms with van der Waals surface area (Å²) in [6, 6.07) is 0. The van der Waals surface area contributed by atoms with E-state index in [1.807, 2.05) is 0 Å². The molecule has 0 N–H and O–H groups in total. The summed E-state index contributed by atoms with van der Waals surface area (Å²) in [6.45, 7) is 4.26. The number of allylic oxidation sites excluding steroid dienone is 6. The molecule has 2 rings (SSSR count). The Hall–Kier alpha value is -1.61. The van der Waals surface area contributed by atoms with E-state index in [2.05, 4.69) is 24.3 Å². The predicted molar refractivity (Wildman–Crippen MR) is 105 cm³/mol. The maximum Gasteiger partial charge on any atom is 0.331 e. The van der Waals surface area contributed by atoms with Crippen molar-refractivity contribution in [3.63, 3.8) is 0 Å². The molecule has 0 aromatic heterocycles. The van der Waals surface area contributed by atoms with E-state index in [0.29, 0.717) is 13.2 Å². The molecule has 0 spiro atoms. The van der Waals surface area contributed by atoms with Crippen LogP contribution in [0.5, 0.6) is 0 Å². The maximum atomic E-state index is 11.4. The van der Waals surface area contributed by atoms with Crippen molar-refractivity contribution in [2.24, 2.45) is 0 Å². The molecule has 0 unspecified atom stereocenters. The molecule has 0 heterocycles. The summed E-state index contributed by atoms with van der Waals surface area (Å²) in [6.07, 6.45) is 20.7. The Morgan fingerprint density at radius 2 is 1.11 bits per heavy atom. The molecule has 5 heteroatoms. The average molecular weight is 419 g/mol. The summed E-state index contributed by atoms with van der Waals surface area (Å²) >= 11 is 0. The summed E-state index contributed by atoms with van der Waals surface area (Å²) in [4.78, 5) is 22.9. The van der Waals surface area contributed by atoms with Gasteiger partial charge in [0, 0.05) is 28.6 Å². The van der Waals surface area contributed by atoms with Crippen LogP contribution in [0.25, 0.3) is 0 Å². The van der Waals surface area contributed by atoms with Crippen molar-refractivity contribution in [1.29, 1.82) is 0 Å². The van der Waals surface area contributed by atoms with E-state index < -0.39 is 0 Å². The Balaban J connectivity index is 0.000000629. The number of rotatable bonds is 4. The Bertz CT molecular complexity index is 497. The molecule has 2 aliphatic rings. The van der Waals surface area contributed by atoms with Crippen LogP contribution in [0.3, 0.4) is 0 Å². The fourth-order valence-corrected chi connectivity index (χ4v) is 2.79. The SMILES string of the molecule is C1=C\CC/C=C\CC/1.CCOC(=O)/C=C1\CCCC\C1=C/C(=O)OCC.[Ni]. The third-order valence-corrected chi connectivity index (χ3v) is 4.05. The topological polar surface area (TPSA) is 52.6 Å². The van der Waals surface area contributed by atoms with Crippen molar-refractivity contribution in [3.8, 4) is 0 Å². The molecular formula is C22H32NiO4. The average Bonchev–Trinajstić information content (AvgIpc) is 2.57. The fourth-order valence-electron chi connectivity index (χ4n) is 2.79. The zero-order valence-corrected chi connectivity index (χ0v) is 17.5. The molecule has 0 aromatic carbocycles. The van der Waals surface area contributed by atoms with Crippen molar-refractivity contribution >= 4 is 11.9 Å². The van der Waals surface area contributed by atoms with Gasteiger partial charge in [0.25, 0.3) is 0 Å². The van der Waals surface area contributed by atoms with Gasteiger partial charge in [0.05, 0.1) is 13.2 Å². The van der Waals surface area contributed by atoms with E-state index in [1.165, 1.54) is 37.8 Å². The standard InChI is InChI=1S/C14H20O4.C8H12.Ni/c1-3-17-13(15)9-11-7-5-6-8-12(11)10-14(16)18-4-2;1-2-4-6-8-7-5-3-1;/h9-10H,3-8H2,1-2H3;1-2,7-8H,3-6H2;/b11-9+,12-10+;2-1-,8-7-;. The minimum atomic E-state index is -0.343. The van der Waals surface area contributed by atoms with Gasteiger partial charge < -0.3 is 9.47 Å². The zero-order valence-electron chi connectivity index (χ0n) is 16.5. The first-order chi connectivity index (χ1) is 12.7. The van der Waals surface area contributed by atoms with E-state index in [9.17, 15) is 9.59 Å². The molecule has 0 atom stereocenters. The summed E-state index contributed by atoms with van der Waals surface area (Å²) < 4.78 is 9.77. The van der Waals surface area contributed by atoms with E-state index in [-0.39, 0.29) is 28.4 Å². The van der Waals surface area contributed by atoms with E-state index in [4.69, 9.17) is 9.47 Å². The van der Waals surface area contributed by atoms with Gasteiger partial charge in [-0.3, -0.25) is 0 Å². The third kappa shape index (κ3) is 12.4. The molecule has 0 amide bonds. The Kier molecular flexibility index (Phi) is 15.6. The van der Waals surface area contributed by atoms with Crippen LogP contribution < -0.4 is 0 Å². The van der Waals surface area contributed by atoms with Gasteiger partial charge in [-0.2, -0.15) is 0 Å². The molecule has 0 aliphatic heterocycles. The van der Waals surface area contributed by atoms with Gasteiger partial charge in [-0.05, 0) is 76.4 Å². The van der Waals surface area contributed by atoms with Crippen LogP contribution in [0.1, 0.15) is 65.2 Å². The van der Waals surface area contributed by atoms with Gasteiger partial charge in [-0.15, -0.1) is 0 Å². The Morgan fingerprint density at radius 1 is 0.778 bits per heavy atom. The number of ether oxygens (including phenoxy) is 2. The van der Waals surface area contributed by atoms with Crippen LogP contribution in [0.4, 0.5) is 0 Å². The molecular weight excluding hydrogens is 387 g/mol. The summed E-state index contributed by atoms with van der Waals surface area (Å²) in [5, 5.41) is 0. The van der Waals surface area contributed by atoms with Gasteiger partial charge in [0.2, 0.25) is 0 Å². The third-order valence-electron chi connectivity index (χ3n) is 4.05. The van der Waals surface area contributed by atoms with Gasteiger partial charge in [0.15, 0.2) is 0 Å². The smallest absolute Gasteiger partial charge is 0.331 e. The van der Waals surface area contributed by atoms with Crippen LogP contribution in [-0.4, -0.2) is 25.2 Å². The second-order valence-electron chi connectivity index (χ2n) is 6.15. The second-order valence-corrected chi connectivity index (χ2v) is 6.15. The first kappa shape index (κ1) is 25.4. The molecule has 1 fully saturated rings. The summed E-state index contributed by atoms with van der Waals surface area (Å²) in [5.74, 6) is -0.687. The van der Waals surface area contributed by atoms with Gasteiger partial charge in [-0.1, -0.05) is 24.3 Å².